The Kier molecular flexibility index (Phi) is 6.14. The molecule has 0 aliphatic rings. The highest BCUT2D eigenvalue weighted by atomic mass is 32.2. The van der Waals surface area contributed by atoms with Gasteiger partial charge in [0.25, 0.3) is 0 Å². The summed E-state index contributed by atoms with van der Waals surface area (Å²) in [5.74, 6) is -0.842. The van der Waals surface area contributed by atoms with E-state index in [4.69, 9.17) is 0 Å². The SMILES string of the molecule is CCCCNC(=O)C(C)N(c1ccc(F)cc1)S(C)(=O)=O. The van der Waals surface area contributed by atoms with Crippen molar-refractivity contribution < 1.29 is 17.6 Å². The number of unbranched alkanes of at least 4 members (excludes halogenated alkanes) is 1. The molecule has 0 aromatic heterocycles. The van der Waals surface area contributed by atoms with E-state index in [2.05, 4.69) is 5.32 Å². The van der Waals surface area contributed by atoms with Crippen LogP contribution in [0.5, 0.6) is 0 Å². The summed E-state index contributed by atoms with van der Waals surface area (Å²) in [6, 6.07) is 4.10. The predicted octanol–water partition coefficient (Wildman–Crippen LogP) is 1.90. The van der Waals surface area contributed by atoms with Crippen LogP contribution in [0.15, 0.2) is 24.3 Å². The van der Waals surface area contributed by atoms with E-state index < -0.39 is 21.9 Å². The number of amides is 1. The molecule has 5 nitrogen and oxygen atoms in total. The molecule has 7 heteroatoms. The molecule has 0 aliphatic heterocycles. The first-order chi connectivity index (χ1) is 9.77. The Hall–Kier alpha value is -1.63. The molecule has 1 N–H and O–H groups in total. The molecule has 0 spiro atoms. The molecule has 0 radical (unpaired) electrons. The number of sulfonamides is 1. The van der Waals surface area contributed by atoms with Crippen LogP contribution in [0.4, 0.5) is 10.1 Å². The second-order valence-corrected chi connectivity index (χ2v) is 6.72. The van der Waals surface area contributed by atoms with E-state index in [1.54, 1.807) is 0 Å². The number of nitrogens with zero attached hydrogens (tertiary/aromatic N) is 1. The molecule has 0 heterocycles. The number of carbonyl (C=O) groups is 1. The van der Waals surface area contributed by atoms with Crippen LogP contribution < -0.4 is 9.62 Å². The fourth-order valence-electron chi connectivity index (χ4n) is 1.93. The number of benzene rings is 1. The maximum Gasteiger partial charge on any atom is 0.243 e. The largest absolute Gasteiger partial charge is 0.354 e. The molecule has 1 aromatic rings. The van der Waals surface area contributed by atoms with Crippen molar-refractivity contribution in [2.24, 2.45) is 0 Å². The molecular formula is C14H21FN2O3S. The van der Waals surface area contributed by atoms with Gasteiger partial charge in [0.15, 0.2) is 0 Å². The minimum Gasteiger partial charge on any atom is -0.354 e. The highest BCUT2D eigenvalue weighted by Crippen LogP contribution is 2.21. The number of rotatable bonds is 7. The number of hydrogen-bond acceptors (Lipinski definition) is 3. The van der Waals surface area contributed by atoms with Gasteiger partial charge in [0, 0.05) is 6.54 Å². The lowest BCUT2D eigenvalue weighted by Crippen LogP contribution is -2.48. The van der Waals surface area contributed by atoms with E-state index in [1.165, 1.54) is 19.1 Å². The van der Waals surface area contributed by atoms with Crippen LogP contribution in [0, 0.1) is 5.82 Å². The van der Waals surface area contributed by atoms with Crippen LogP contribution in [-0.2, 0) is 14.8 Å². The van der Waals surface area contributed by atoms with Gasteiger partial charge in [0.1, 0.15) is 11.9 Å². The Morgan fingerprint density at radius 2 is 1.90 bits per heavy atom. The maximum absolute atomic E-state index is 13.0. The van der Waals surface area contributed by atoms with Crippen molar-refractivity contribution in [3.05, 3.63) is 30.1 Å². The fourth-order valence-corrected chi connectivity index (χ4v) is 3.11. The normalized spacial score (nSPS) is 12.8. The zero-order valence-corrected chi connectivity index (χ0v) is 13.3. The Balaban J connectivity index is 2.98. The summed E-state index contributed by atoms with van der Waals surface area (Å²) >= 11 is 0. The second kappa shape index (κ2) is 7.40. The quantitative estimate of drug-likeness (QED) is 0.781. The first-order valence-corrected chi connectivity index (χ1v) is 8.65. The standard InChI is InChI=1S/C14H21FN2O3S/c1-4-5-10-16-14(18)11(2)17(21(3,19)20)13-8-6-12(15)7-9-13/h6-9,11H,4-5,10H2,1-3H3,(H,16,18). The molecule has 0 fully saturated rings. The third-order valence-electron chi connectivity index (χ3n) is 3.00. The van der Waals surface area contributed by atoms with E-state index in [9.17, 15) is 17.6 Å². The van der Waals surface area contributed by atoms with Crippen molar-refractivity contribution in [1.82, 2.24) is 5.32 Å². The number of halogens is 1. The van der Waals surface area contributed by atoms with E-state index in [0.29, 0.717) is 6.54 Å². The van der Waals surface area contributed by atoms with E-state index in [-0.39, 0.29) is 11.6 Å². The average Bonchev–Trinajstić information content (AvgIpc) is 2.39. The molecular weight excluding hydrogens is 295 g/mol. The molecule has 118 valence electrons. The van der Waals surface area contributed by atoms with Crippen LogP contribution in [0.2, 0.25) is 0 Å². The molecule has 1 aromatic carbocycles. The van der Waals surface area contributed by atoms with Crippen molar-refractivity contribution in [3.8, 4) is 0 Å². The Bertz CT molecular complexity index is 572. The summed E-state index contributed by atoms with van der Waals surface area (Å²) in [6.45, 7) is 4.00. The van der Waals surface area contributed by atoms with Gasteiger partial charge < -0.3 is 5.32 Å². The fraction of sp³-hybridized carbons (Fsp3) is 0.500. The zero-order chi connectivity index (χ0) is 16.0. The topological polar surface area (TPSA) is 66.5 Å². The monoisotopic (exact) mass is 316 g/mol. The third kappa shape index (κ3) is 5.00. The van der Waals surface area contributed by atoms with Crippen LogP contribution in [-0.4, -0.2) is 33.2 Å². The van der Waals surface area contributed by atoms with Crippen LogP contribution in [0.25, 0.3) is 0 Å². The molecule has 0 saturated heterocycles. The van der Waals surface area contributed by atoms with E-state index in [0.717, 1.165) is 35.5 Å². The van der Waals surface area contributed by atoms with Gasteiger partial charge in [-0.3, -0.25) is 9.10 Å². The van der Waals surface area contributed by atoms with Gasteiger partial charge in [0.05, 0.1) is 11.9 Å². The predicted molar refractivity (Wildman–Crippen MR) is 81.1 cm³/mol. The Morgan fingerprint density at radius 3 is 2.38 bits per heavy atom. The molecule has 0 aliphatic carbocycles. The molecule has 1 rings (SSSR count). The summed E-state index contributed by atoms with van der Waals surface area (Å²) < 4.78 is 37.8. The van der Waals surface area contributed by atoms with Gasteiger partial charge in [-0.2, -0.15) is 0 Å². The second-order valence-electron chi connectivity index (χ2n) is 4.86. The van der Waals surface area contributed by atoms with Gasteiger partial charge in [-0.05, 0) is 37.6 Å². The van der Waals surface area contributed by atoms with E-state index >= 15 is 0 Å². The zero-order valence-electron chi connectivity index (χ0n) is 12.5. The van der Waals surface area contributed by atoms with Gasteiger partial charge in [-0.25, -0.2) is 12.8 Å². The Labute approximate surface area is 125 Å². The molecule has 0 bridgehead atoms. The lowest BCUT2D eigenvalue weighted by Gasteiger charge is -2.28. The number of anilines is 1. The van der Waals surface area contributed by atoms with Crippen molar-refractivity contribution in [2.75, 3.05) is 17.1 Å². The summed E-state index contributed by atoms with van der Waals surface area (Å²) in [7, 11) is -3.66. The van der Waals surface area contributed by atoms with Crippen LogP contribution in [0.3, 0.4) is 0 Å². The summed E-state index contributed by atoms with van der Waals surface area (Å²) in [4.78, 5) is 12.1. The number of hydrogen-bond donors (Lipinski definition) is 1. The molecule has 0 saturated carbocycles. The summed E-state index contributed by atoms with van der Waals surface area (Å²) in [5, 5.41) is 2.70. The first kappa shape index (κ1) is 17.4. The highest BCUT2D eigenvalue weighted by molar-refractivity contribution is 7.92. The minimum atomic E-state index is -3.66. The van der Waals surface area contributed by atoms with Gasteiger partial charge in [-0.15, -0.1) is 0 Å². The maximum atomic E-state index is 13.0. The number of nitrogens with one attached hydrogen (secondary N) is 1. The molecule has 21 heavy (non-hydrogen) atoms. The Morgan fingerprint density at radius 1 is 1.33 bits per heavy atom. The third-order valence-corrected chi connectivity index (χ3v) is 4.24. The average molecular weight is 316 g/mol. The molecule has 1 amide bonds. The molecule has 1 atom stereocenters. The van der Waals surface area contributed by atoms with Crippen LogP contribution in [0.1, 0.15) is 26.7 Å². The smallest absolute Gasteiger partial charge is 0.243 e. The van der Waals surface area contributed by atoms with Crippen molar-refractivity contribution in [2.45, 2.75) is 32.7 Å². The van der Waals surface area contributed by atoms with Gasteiger partial charge >= 0.3 is 0 Å². The first-order valence-electron chi connectivity index (χ1n) is 6.80. The van der Waals surface area contributed by atoms with Crippen molar-refractivity contribution >= 4 is 21.6 Å². The number of carbonyl (C=O) groups excluding carboxylic acids is 1. The van der Waals surface area contributed by atoms with Gasteiger partial charge in [-0.1, -0.05) is 13.3 Å². The van der Waals surface area contributed by atoms with Crippen molar-refractivity contribution in [1.29, 1.82) is 0 Å². The van der Waals surface area contributed by atoms with E-state index in [1.807, 2.05) is 6.92 Å². The lowest BCUT2D eigenvalue weighted by atomic mass is 10.2. The summed E-state index contributed by atoms with van der Waals surface area (Å²) in [5.41, 5.74) is 0.261. The van der Waals surface area contributed by atoms with Crippen LogP contribution >= 0.6 is 0 Å². The summed E-state index contributed by atoms with van der Waals surface area (Å²) in [6.07, 6.45) is 2.78. The molecule has 1 unspecified atom stereocenters. The lowest BCUT2D eigenvalue weighted by molar-refractivity contribution is -0.121. The highest BCUT2D eigenvalue weighted by Gasteiger charge is 2.28. The van der Waals surface area contributed by atoms with Gasteiger partial charge in [0.2, 0.25) is 15.9 Å². The minimum absolute atomic E-state index is 0.261. The van der Waals surface area contributed by atoms with Crippen molar-refractivity contribution in [3.63, 3.8) is 0 Å².